The average Bonchev–Trinajstić information content (AvgIpc) is 3.16. The molecule has 1 aromatic rings. The zero-order valence-corrected chi connectivity index (χ0v) is 10.5. The molecule has 0 atom stereocenters. The summed E-state index contributed by atoms with van der Waals surface area (Å²) in [5.41, 5.74) is 0.361. The van der Waals surface area contributed by atoms with Gasteiger partial charge < -0.3 is 10.0 Å². The molecule has 98 valence electrons. The van der Waals surface area contributed by atoms with Gasteiger partial charge in [-0.1, -0.05) is 12.1 Å². The number of amides is 1. The molecule has 1 amide bonds. The number of likely N-dealkylation sites (N-methyl/N-ethyl adjacent to an activating group) is 1. The van der Waals surface area contributed by atoms with Gasteiger partial charge in [-0.25, -0.2) is 4.39 Å². The van der Waals surface area contributed by atoms with Crippen molar-refractivity contribution in [3.63, 3.8) is 0 Å². The molecule has 0 bridgehead atoms. The minimum Gasteiger partial charge on any atom is -0.395 e. The van der Waals surface area contributed by atoms with Gasteiger partial charge >= 0.3 is 0 Å². The second-order valence-corrected chi connectivity index (χ2v) is 5.05. The molecule has 3 nitrogen and oxygen atoms in total. The van der Waals surface area contributed by atoms with Gasteiger partial charge in [0.25, 0.3) is 0 Å². The van der Waals surface area contributed by atoms with Crippen LogP contribution >= 0.6 is 0 Å². The maximum absolute atomic E-state index is 13.0. The Balaban J connectivity index is 1.88. The number of hydrogen-bond donors (Lipinski definition) is 1. The number of rotatable bonds is 5. The van der Waals surface area contributed by atoms with Crippen LogP contribution in [0.4, 0.5) is 4.39 Å². The van der Waals surface area contributed by atoms with Crippen LogP contribution in [0.3, 0.4) is 0 Å². The van der Waals surface area contributed by atoms with Crippen molar-refractivity contribution in [1.29, 1.82) is 0 Å². The fraction of sp³-hybridized carbons (Fsp3) is 0.500. The van der Waals surface area contributed by atoms with Crippen LogP contribution in [0.1, 0.15) is 18.4 Å². The highest BCUT2D eigenvalue weighted by atomic mass is 19.1. The number of nitrogens with zero attached hydrogens (tertiary/aromatic N) is 1. The fourth-order valence-electron chi connectivity index (χ4n) is 2.09. The van der Waals surface area contributed by atoms with E-state index in [-0.39, 0.29) is 18.3 Å². The van der Waals surface area contributed by atoms with Crippen LogP contribution in [0.2, 0.25) is 0 Å². The fourth-order valence-corrected chi connectivity index (χ4v) is 2.09. The summed E-state index contributed by atoms with van der Waals surface area (Å²) < 4.78 is 13.0. The Bertz CT molecular complexity index is 443. The lowest BCUT2D eigenvalue weighted by molar-refractivity contribution is -0.137. The lowest BCUT2D eigenvalue weighted by atomic mass is 10.1. The molecule has 0 spiro atoms. The molecule has 4 heteroatoms. The lowest BCUT2D eigenvalue weighted by Gasteiger charge is -2.22. The smallest absolute Gasteiger partial charge is 0.230 e. The molecule has 1 fully saturated rings. The highest BCUT2D eigenvalue weighted by Crippen LogP contribution is 2.46. The van der Waals surface area contributed by atoms with Crippen molar-refractivity contribution in [1.82, 2.24) is 4.90 Å². The van der Waals surface area contributed by atoms with Gasteiger partial charge in [0, 0.05) is 13.6 Å². The number of aliphatic hydroxyl groups excluding tert-OH is 1. The third-order valence-electron chi connectivity index (χ3n) is 3.58. The van der Waals surface area contributed by atoms with E-state index in [1.54, 1.807) is 18.0 Å². The average molecular weight is 251 g/mol. The van der Waals surface area contributed by atoms with E-state index in [4.69, 9.17) is 0 Å². The summed E-state index contributed by atoms with van der Waals surface area (Å²) in [6.45, 7) is 0.472. The third kappa shape index (κ3) is 2.70. The second-order valence-electron chi connectivity index (χ2n) is 5.05. The summed E-state index contributed by atoms with van der Waals surface area (Å²) in [4.78, 5) is 13.7. The number of aliphatic hydroxyl groups is 1. The largest absolute Gasteiger partial charge is 0.395 e. The molecule has 1 N–H and O–H groups in total. The molecule has 1 aliphatic rings. The van der Waals surface area contributed by atoms with Gasteiger partial charge in [-0.15, -0.1) is 0 Å². The van der Waals surface area contributed by atoms with Crippen LogP contribution in [-0.2, 0) is 11.2 Å². The van der Waals surface area contributed by atoms with E-state index in [1.165, 1.54) is 12.1 Å². The zero-order chi connectivity index (χ0) is 13.2. The molecule has 2 rings (SSSR count). The van der Waals surface area contributed by atoms with Crippen LogP contribution in [0.25, 0.3) is 0 Å². The Morgan fingerprint density at radius 2 is 2.22 bits per heavy atom. The van der Waals surface area contributed by atoms with E-state index >= 15 is 0 Å². The first-order chi connectivity index (χ1) is 8.57. The predicted molar refractivity (Wildman–Crippen MR) is 66.5 cm³/mol. The summed E-state index contributed by atoms with van der Waals surface area (Å²) >= 11 is 0. The third-order valence-corrected chi connectivity index (χ3v) is 3.58. The van der Waals surface area contributed by atoms with Crippen molar-refractivity contribution in [2.75, 3.05) is 20.2 Å². The van der Waals surface area contributed by atoms with E-state index in [0.717, 1.165) is 18.4 Å². The van der Waals surface area contributed by atoms with Crippen LogP contribution in [0.15, 0.2) is 24.3 Å². The normalized spacial score (nSPS) is 16.4. The summed E-state index contributed by atoms with van der Waals surface area (Å²) in [7, 11) is 1.73. The van der Waals surface area contributed by atoms with E-state index in [1.807, 2.05) is 6.07 Å². The Hall–Kier alpha value is -1.42. The van der Waals surface area contributed by atoms with Crippen molar-refractivity contribution >= 4 is 5.91 Å². The zero-order valence-electron chi connectivity index (χ0n) is 10.5. The van der Waals surface area contributed by atoms with Crippen LogP contribution < -0.4 is 0 Å². The highest BCUT2D eigenvalue weighted by molar-refractivity contribution is 5.85. The lowest BCUT2D eigenvalue weighted by Crippen LogP contribution is -2.37. The topological polar surface area (TPSA) is 40.5 Å². The summed E-state index contributed by atoms with van der Waals surface area (Å²) in [5, 5.41) is 9.20. The monoisotopic (exact) mass is 251 g/mol. The molecule has 1 saturated carbocycles. The van der Waals surface area contributed by atoms with Gasteiger partial charge in [-0.3, -0.25) is 4.79 Å². The number of carbonyl (C=O) groups is 1. The molecule has 0 aliphatic heterocycles. The van der Waals surface area contributed by atoms with E-state index < -0.39 is 5.41 Å². The SMILES string of the molecule is CN(CCc1cccc(F)c1)C(=O)C1(CO)CC1. The van der Waals surface area contributed by atoms with Gasteiger partial charge in [-0.2, -0.15) is 0 Å². The van der Waals surface area contributed by atoms with Crippen LogP contribution in [-0.4, -0.2) is 36.1 Å². The molecular formula is C14H18FNO2. The Kier molecular flexibility index (Phi) is 3.66. The number of hydrogen-bond acceptors (Lipinski definition) is 2. The molecule has 1 aromatic carbocycles. The Morgan fingerprint density at radius 3 is 2.78 bits per heavy atom. The van der Waals surface area contributed by atoms with E-state index in [9.17, 15) is 14.3 Å². The first kappa shape index (κ1) is 13.0. The minimum atomic E-state index is -0.517. The summed E-state index contributed by atoms with van der Waals surface area (Å²) in [5.74, 6) is -0.253. The molecule has 0 aromatic heterocycles. The first-order valence-electron chi connectivity index (χ1n) is 6.18. The van der Waals surface area contributed by atoms with Crippen LogP contribution in [0.5, 0.6) is 0 Å². The summed E-state index contributed by atoms with van der Waals surface area (Å²) in [6, 6.07) is 6.41. The maximum Gasteiger partial charge on any atom is 0.230 e. The standard InChI is InChI=1S/C14H18FNO2/c1-16(13(18)14(10-17)6-7-14)8-5-11-3-2-4-12(15)9-11/h2-4,9,17H,5-8,10H2,1H3. The van der Waals surface area contributed by atoms with Crippen molar-refractivity contribution in [2.45, 2.75) is 19.3 Å². The van der Waals surface area contributed by atoms with Crippen molar-refractivity contribution in [3.05, 3.63) is 35.6 Å². The van der Waals surface area contributed by atoms with Gasteiger partial charge in [0.05, 0.1) is 12.0 Å². The Labute approximate surface area is 106 Å². The van der Waals surface area contributed by atoms with E-state index in [2.05, 4.69) is 0 Å². The molecule has 18 heavy (non-hydrogen) atoms. The quantitative estimate of drug-likeness (QED) is 0.863. The van der Waals surface area contributed by atoms with Crippen molar-refractivity contribution in [2.24, 2.45) is 5.41 Å². The van der Waals surface area contributed by atoms with Crippen molar-refractivity contribution < 1.29 is 14.3 Å². The predicted octanol–water partition coefficient (Wildman–Crippen LogP) is 1.60. The first-order valence-corrected chi connectivity index (χ1v) is 6.18. The minimum absolute atomic E-state index is 0.00130. The molecule has 1 aliphatic carbocycles. The van der Waals surface area contributed by atoms with Gasteiger partial charge in [0.1, 0.15) is 5.82 Å². The van der Waals surface area contributed by atoms with E-state index in [0.29, 0.717) is 13.0 Å². The molecule has 0 radical (unpaired) electrons. The van der Waals surface area contributed by atoms with Crippen LogP contribution in [0, 0.1) is 11.2 Å². The number of halogens is 1. The van der Waals surface area contributed by atoms with Gasteiger partial charge in [0.2, 0.25) is 5.91 Å². The maximum atomic E-state index is 13.0. The van der Waals surface area contributed by atoms with Gasteiger partial charge in [-0.05, 0) is 37.0 Å². The van der Waals surface area contributed by atoms with Gasteiger partial charge in [0.15, 0.2) is 0 Å². The second kappa shape index (κ2) is 5.06. The Morgan fingerprint density at radius 1 is 1.50 bits per heavy atom. The molecule has 0 saturated heterocycles. The number of benzene rings is 1. The molecular weight excluding hydrogens is 233 g/mol. The summed E-state index contributed by atoms with van der Waals surface area (Å²) in [6.07, 6.45) is 2.17. The molecule has 0 heterocycles. The number of carbonyl (C=O) groups excluding carboxylic acids is 1. The van der Waals surface area contributed by atoms with Crippen molar-refractivity contribution in [3.8, 4) is 0 Å². The highest BCUT2D eigenvalue weighted by Gasteiger charge is 2.50. The molecule has 0 unspecified atom stereocenters.